The number of carbonyl (C=O) groups excluding carboxylic acids is 2. The zero-order valence-electron chi connectivity index (χ0n) is 17.1. The van der Waals surface area contributed by atoms with Gasteiger partial charge in [-0.15, -0.1) is 0 Å². The highest BCUT2D eigenvalue weighted by atomic mass is 32.2. The van der Waals surface area contributed by atoms with Crippen molar-refractivity contribution in [3.05, 3.63) is 52.4 Å². The molecule has 165 valence electrons. The number of pyridine rings is 1. The van der Waals surface area contributed by atoms with Gasteiger partial charge in [-0.25, -0.2) is 17.5 Å². The van der Waals surface area contributed by atoms with Crippen LogP contribution in [0.3, 0.4) is 0 Å². The fraction of sp³-hybridized carbons (Fsp3) is 0.368. The van der Waals surface area contributed by atoms with E-state index in [0.717, 1.165) is 5.56 Å². The Morgan fingerprint density at radius 3 is 2.87 bits per heavy atom. The molecule has 3 aliphatic rings. The average Bonchev–Trinajstić information content (AvgIpc) is 3.08. The Kier molecular flexibility index (Phi) is 6.01. The summed E-state index contributed by atoms with van der Waals surface area (Å²) in [4.78, 5) is 29.0. The van der Waals surface area contributed by atoms with E-state index < -0.39 is 34.5 Å². The van der Waals surface area contributed by atoms with E-state index in [4.69, 9.17) is 4.74 Å². The highest BCUT2D eigenvalue weighted by Crippen LogP contribution is 2.33. The Labute approximate surface area is 178 Å². The number of dihydropyridines is 1. The van der Waals surface area contributed by atoms with Gasteiger partial charge in [0.15, 0.2) is 0 Å². The molecule has 0 aliphatic carbocycles. The van der Waals surface area contributed by atoms with Gasteiger partial charge in [0, 0.05) is 14.7 Å². The van der Waals surface area contributed by atoms with Gasteiger partial charge in [0.05, 0.1) is 0 Å². The van der Waals surface area contributed by atoms with Gasteiger partial charge in [0.1, 0.15) is 41.6 Å². The number of fused-ring (bicyclic) bond motifs is 2. The molecule has 1 atom stereocenters. The molecule has 0 unspecified atom stereocenters. The molecular formula is C19H28N5O5S. The van der Waals surface area contributed by atoms with Gasteiger partial charge >= 0.3 is 6.03 Å². The van der Waals surface area contributed by atoms with Gasteiger partial charge in [-0.05, 0) is 37.8 Å². The maximum atomic E-state index is 12.9. The lowest BCUT2D eigenvalue weighted by Gasteiger charge is -2.34. The lowest BCUT2D eigenvalue weighted by molar-refractivity contribution is -0.121. The van der Waals surface area contributed by atoms with Gasteiger partial charge in [-0.1, -0.05) is 13.8 Å². The third kappa shape index (κ3) is 3.84. The van der Waals surface area contributed by atoms with Crippen LogP contribution in [0.5, 0.6) is 5.75 Å². The largest absolute Gasteiger partial charge is 0.489 e. The Bertz CT molecular complexity index is 1040. The number of hydrogen-bond donors (Lipinski definition) is 3. The smallest absolute Gasteiger partial charge is 0.332 e. The van der Waals surface area contributed by atoms with E-state index in [1.165, 1.54) is 12.3 Å². The summed E-state index contributed by atoms with van der Waals surface area (Å²) >= 11 is 0. The number of aromatic nitrogens is 1. The summed E-state index contributed by atoms with van der Waals surface area (Å²) < 4.78 is 31.8. The maximum Gasteiger partial charge on any atom is 0.332 e. The molecule has 0 spiro atoms. The van der Waals surface area contributed by atoms with Crippen molar-refractivity contribution >= 4 is 22.0 Å². The maximum absolute atomic E-state index is 12.9. The standard InChI is InChI=1S/C17H18N5O5S.C2H6.2H2/c1-9-5-13-15(19-6-9)12(8-27-13)20-14(23)7-22-17(24)21-11-3-4-18-10(2)16(11)28(22,25)26;1-2;;/h3-6,12,18H,7-8H2,1-2H3,(H,20,23)(H,21,24);1-2H3;2*1H/t12-;;;/m1.../s1. The van der Waals surface area contributed by atoms with Crippen LogP contribution >= 0.6 is 0 Å². The quantitative estimate of drug-likeness (QED) is 0.655. The number of sulfonamides is 1. The first-order valence-corrected chi connectivity index (χ1v) is 10.9. The molecule has 11 heteroatoms. The van der Waals surface area contributed by atoms with Crippen LogP contribution in [0.2, 0.25) is 0 Å². The number of nitrogens with zero attached hydrogens (tertiary/aromatic N) is 2. The van der Waals surface area contributed by atoms with Crippen LogP contribution in [0.1, 0.15) is 40.9 Å². The van der Waals surface area contributed by atoms with Gasteiger partial charge in [-0.3, -0.25) is 9.78 Å². The highest BCUT2D eigenvalue weighted by molar-refractivity contribution is 7.93. The van der Waals surface area contributed by atoms with Crippen LogP contribution in [0.15, 0.2) is 35.1 Å². The van der Waals surface area contributed by atoms with Crippen molar-refractivity contribution in [2.45, 2.75) is 33.7 Å². The summed E-state index contributed by atoms with van der Waals surface area (Å²) in [6.45, 7) is 6.99. The molecule has 0 bridgehead atoms. The van der Waals surface area contributed by atoms with E-state index in [9.17, 15) is 18.0 Å². The molecule has 1 radical (unpaired) electrons. The van der Waals surface area contributed by atoms with Crippen LogP contribution in [-0.4, -0.2) is 42.8 Å². The van der Waals surface area contributed by atoms with E-state index in [-0.39, 0.29) is 20.4 Å². The first-order valence-electron chi connectivity index (χ1n) is 9.51. The number of carbonyl (C=O) groups is 2. The highest BCUT2D eigenvalue weighted by Gasteiger charge is 2.44. The van der Waals surface area contributed by atoms with Crippen molar-refractivity contribution in [2.75, 3.05) is 13.2 Å². The monoisotopic (exact) mass is 438 g/mol. The predicted molar refractivity (Wildman–Crippen MR) is 113 cm³/mol. The van der Waals surface area contributed by atoms with E-state index >= 15 is 0 Å². The molecule has 0 saturated carbocycles. The van der Waals surface area contributed by atoms with Crippen molar-refractivity contribution in [1.82, 2.24) is 25.2 Å². The van der Waals surface area contributed by atoms with Crippen LogP contribution in [-0.2, 0) is 14.8 Å². The molecular weight excluding hydrogens is 410 g/mol. The number of ether oxygens (including phenoxy) is 1. The molecule has 3 N–H and O–H groups in total. The number of allylic oxidation sites excluding steroid dienone is 1. The molecule has 30 heavy (non-hydrogen) atoms. The summed E-state index contributed by atoms with van der Waals surface area (Å²) in [6.07, 6.45) is 4.64. The molecule has 3 amide bonds. The molecule has 1 aromatic heterocycles. The molecule has 3 aliphatic heterocycles. The summed E-state index contributed by atoms with van der Waals surface area (Å²) in [5, 5.41) is 7.97. The average molecular weight is 439 g/mol. The zero-order chi connectivity index (χ0) is 22.1. The minimum atomic E-state index is -4.18. The van der Waals surface area contributed by atoms with Crippen molar-refractivity contribution in [2.24, 2.45) is 0 Å². The van der Waals surface area contributed by atoms with Gasteiger partial charge in [0.25, 0.3) is 10.0 Å². The van der Waals surface area contributed by atoms with E-state index in [2.05, 4.69) is 20.9 Å². The SMILES string of the molecule is CC.CC1=C2[C](C=CN1)NC(=O)N(CC(=O)N[C@@H]1COc3cc(C)cnc31)S2(=O)=O.[HH].[HH]. The minimum Gasteiger partial charge on any atom is -0.489 e. The molecule has 10 nitrogen and oxygen atoms in total. The minimum absolute atomic E-state index is 0. The van der Waals surface area contributed by atoms with Crippen LogP contribution in [0.4, 0.5) is 4.79 Å². The normalized spacial score (nSPS) is 21.4. The van der Waals surface area contributed by atoms with Gasteiger partial charge in [-0.2, -0.15) is 0 Å². The second kappa shape index (κ2) is 8.34. The lowest BCUT2D eigenvalue weighted by Crippen LogP contribution is -2.56. The fourth-order valence-corrected chi connectivity index (χ4v) is 4.85. The van der Waals surface area contributed by atoms with Crippen LogP contribution in [0, 0.1) is 13.0 Å². The summed E-state index contributed by atoms with van der Waals surface area (Å²) in [5.74, 6) is -0.0581. The van der Waals surface area contributed by atoms with E-state index in [1.54, 1.807) is 13.1 Å². The number of nitrogens with one attached hydrogen (secondary N) is 3. The van der Waals surface area contributed by atoms with E-state index in [0.29, 0.717) is 21.4 Å². The fourth-order valence-electron chi connectivity index (χ4n) is 3.24. The second-order valence-corrected chi connectivity index (χ2v) is 8.41. The summed E-state index contributed by atoms with van der Waals surface area (Å²) in [5.41, 5.74) is 1.86. The Morgan fingerprint density at radius 2 is 2.13 bits per heavy atom. The molecule has 4 rings (SSSR count). The molecule has 1 saturated heterocycles. The second-order valence-electron chi connectivity index (χ2n) is 6.61. The first-order chi connectivity index (χ1) is 14.3. The van der Waals surface area contributed by atoms with Crippen molar-refractivity contribution < 1.29 is 25.6 Å². The lowest BCUT2D eigenvalue weighted by atomic mass is 10.2. The van der Waals surface area contributed by atoms with Crippen LogP contribution in [0.25, 0.3) is 0 Å². The zero-order valence-corrected chi connectivity index (χ0v) is 18.0. The van der Waals surface area contributed by atoms with Crippen molar-refractivity contribution in [3.8, 4) is 5.75 Å². The van der Waals surface area contributed by atoms with E-state index in [1.807, 2.05) is 26.8 Å². The third-order valence-electron chi connectivity index (χ3n) is 4.53. The Hall–Kier alpha value is -3.08. The van der Waals surface area contributed by atoms with Gasteiger partial charge < -0.3 is 20.7 Å². The predicted octanol–water partition coefficient (Wildman–Crippen LogP) is 1.69. The number of rotatable bonds is 3. The van der Waals surface area contributed by atoms with Crippen molar-refractivity contribution in [1.29, 1.82) is 0 Å². The molecule has 4 heterocycles. The summed E-state index contributed by atoms with van der Waals surface area (Å²) in [7, 11) is -4.18. The molecule has 0 aromatic carbocycles. The van der Waals surface area contributed by atoms with Crippen molar-refractivity contribution in [3.63, 3.8) is 0 Å². The molecule has 1 fully saturated rings. The third-order valence-corrected chi connectivity index (χ3v) is 6.44. The number of urea groups is 1. The number of amides is 3. The number of aryl methyl sites for hydroxylation is 1. The topological polar surface area (TPSA) is 130 Å². The molecule has 1 aromatic rings. The first kappa shape index (κ1) is 21.6. The van der Waals surface area contributed by atoms with Gasteiger partial charge in [0.2, 0.25) is 5.91 Å². The van der Waals surface area contributed by atoms with Crippen LogP contribution < -0.4 is 20.7 Å². The summed E-state index contributed by atoms with van der Waals surface area (Å²) in [6, 6.07) is 0.592. The number of hydrogen-bond acceptors (Lipinski definition) is 7. The Morgan fingerprint density at radius 1 is 1.40 bits per heavy atom. The Balaban J connectivity index is 0.00000125.